The number of anilines is 1. The summed E-state index contributed by atoms with van der Waals surface area (Å²) in [6.45, 7) is 15.2. The molecule has 1 fully saturated rings. The molecule has 184 valence electrons. The second-order valence-corrected chi connectivity index (χ2v) is 8.36. The first kappa shape index (κ1) is 25.6. The number of aliphatic hydroxyl groups excluding tert-OH is 1. The molecule has 0 aliphatic carbocycles. The van der Waals surface area contributed by atoms with Crippen LogP contribution in [0.5, 0.6) is 0 Å². The molecule has 0 bridgehead atoms. The molecule has 1 aromatic carbocycles. The minimum atomic E-state index is -0.549. The van der Waals surface area contributed by atoms with Crippen LogP contribution in [0.2, 0.25) is 0 Å². The Morgan fingerprint density at radius 3 is 2.52 bits per heavy atom. The van der Waals surface area contributed by atoms with Crippen LogP contribution in [-0.4, -0.2) is 98.4 Å². The molecule has 3 rings (SSSR count). The molecule has 2 heterocycles. The molecule has 2 aromatic rings. The van der Waals surface area contributed by atoms with E-state index in [9.17, 15) is 5.11 Å². The highest BCUT2D eigenvalue weighted by molar-refractivity contribution is 5.68. The Morgan fingerprint density at radius 2 is 1.85 bits per heavy atom. The van der Waals surface area contributed by atoms with E-state index in [1.54, 1.807) is 0 Å². The number of morpholine rings is 1. The van der Waals surface area contributed by atoms with Gasteiger partial charge in [-0.05, 0) is 20.8 Å². The van der Waals surface area contributed by atoms with E-state index in [0.717, 1.165) is 75.2 Å². The third-order valence-electron chi connectivity index (χ3n) is 6.07. The van der Waals surface area contributed by atoms with Gasteiger partial charge in [-0.25, -0.2) is 0 Å². The van der Waals surface area contributed by atoms with Gasteiger partial charge in [-0.3, -0.25) is 9.80 Å². The lowest BCUT2D eigenvalue weighted by atomic mass is 10.1. The van der Waals surface area contributed by atoms with Crippen molar-refractivity contribution in [2.24, 2.45) is 0 Å². The first-order valence-corrected chi connectivity index (χ1v) is 12.2. The largest absolute Gasteiger partial charge is 0.389 e. The van der Waals surface area contributed by atoms with Crippen molar-refractivity contribution in [3.05, 3.63) is 35.9 Å². The van der Waals surface area contributed by atoms with Gasteiger partial charge in [0.25, 0.3) is 0 Å². The third kappa shape index (κ3) is 7.52. The van der Waals surface area contributed by atoms with E-state index in [4.69, 9.17) is 14.0 Å². The highest BCUT2D eigenvalue weighted by atomic mass is 16.5. The van der Waals surface area contributed by atoms with E-state index in [1.165, 1.54) is 0 Å². The fourth-order valence-electron chi connectivity index (χ4n) is 4.20. The van der Waals surface area contributed by atoms with Gasteiger partial charge in [0.15, 0.2) is 0 Å². The molecule has 0 unspecified atom stereocenters. The summed E-state index contributed by atoms with van der Waals surface area (Å²) in [7, 11) is 0. The van der Waals surface area contributed by atoms with Crippen molar-refractivity contribution in [3.8, 4) is 11.3 Å². The number of aromatic nitrogens is 1. The molecule has 1 aromatic heterocycles. The van der Waals surface area contributed by atoms with Crippen molar-refractivity contribution in [1.82, 2.24) is 15.0 Å². The van der Waals surface area contributed by atoms with Crippen molar-refractivity contribution in [1.29, 1.82) is 0 Å². The van der Waals surface area contributed by atoms with Crippen LogP contribution in [0.15, 0.2) is 34.9 Å². The summed E-state index contributed by atoms with van der Waals surface area (Å²) in [5.41, 5.74) is 2.97. The molecular formula is C25H40N4O4. The summed E-state index contributed by atoms with van der Waals surface area (Å²) < 4.78 is 16.9. The number of rotatable bonds is 14. The van der Waals surface area contributed by atoms with Gasteiger partial charge in [-0.1, -0.05) is 35.5 Å². The Kier molecular flexibility index (Phi) is 10.6. The first-order valence-electron chi connectivity index (χ1n) is 12.2. The van der Waals surface area contributed by atoms with Crippen molar-refractivity contribution in [2.75, 3.05) is 77.1 Å². The predicted molar refractivity (Wildman–Crippen MR) is 131 cm³/mol. The van der Waals surface area contributed by atoms with Crippen molar-refractivity contribution < 1.29 is 19.1 Å². The molecule has 0 amide bonds. The molecule has 8 nitrogen and oxygen atoms in total. The van der Waals surface area contributed by atoms with E-state index >= 15 is 0 Å². The molecule has 1 atom stereocenters. The van der Waals surface area contributed by atoms with Gasteiger partial charge in [-0.2, -0.15) is 0 Å². The first-order chi connectivity index (χ1) is 16.2. The van der Waals surface area contributed by atoms with Crippen molar-refractivity contribution in [2.45, 2.75) is 33.4 Å². The van der Waals surface area contributed by atoms with Gasteiger partial charge in [-0.15, -0.1) is 0 Å². The van der Waals surface area contributed by atoms with E-state index in [1.807, 2.05) is 25.1 Å². The monoisotopic (exact) mass is 460 g/mol. The topological polar surface area (TPSA) is 74.4 Å². The Morgan fingerprint density at radius 1 is 1.12 bits per heavy atom. The van der Waals surface area contributed by atoms with Crippen molar-refractivity contribution in [3.63, 3.8) is 0 Å². The van der Waals surface area contributed by atoms with Crippen LogP contribution in [0.3, 0.4) is 0 Å². The van der Waals surface area contributed by atoms with Crippen LogP contribution in [0.4, 0.5) is 5.88 Å². The lowest BCUT2D eigenvalue weighted by molar-refractivity contribution is 0.00989. The minimum Gasteiger partial charge on any atom is -0.389 e. The Balaban J connectivity index is 1.84. The molecule has 0 radical (unpaired) electrons. The van der Waals surface area contributed by atoms with Crippen LogP contribution in [0.25, 0.3) is 11.3 Å². The number of benzene rings is 1. The highest BCUT2D eigenvalue weighted by Gasteiger charge is 2.25. The lowest BCUT2D eigenvalue weighted by Crippen LogP contribution is -2.43. The summed E-state index contributed by atoms with van der Waals surface area (Å²) in [5, 5.41) is 15.1. The van der Waals surface area contributed by atoms with Crippen molar-refractivity contribution >= 4 is 5.88 Å². The highest BCUT2D eigenvalue weighted by Crippen LogP contribution is 2.32. The van der Waals surface area contributed by atoms with Crippen LogP contribution in [0, 0.1) is 0 Å². The van der Waals surface area contributed by atoms with Gasteiger partial charge < -0.3 is 24.0 Å². The molecule has 33 heavy (non-hydrogen) atoms. The summed E-state index contributed by atoms with van der Waals surface area (Å²) in [5.74, 6) is 0.814. The van der Waals surface area contributed by atoms with Gasteiger partial charge >= 0.3 is 0 Å². The molecule has 8 heteroatoms. The summed E-state index contributed by atoms with van der Waals surface area (Å²) >= 11 is 0. The SMILES string of the molecule is CCOC[C@@H](O)CN(CCN1CCOCC1)Cc1c(-c2ccccc2)noc1N(CC)CC. The van der Waals surface area contributed by atoms with Gasteiger partial charge in [0.1, 0.15) is 5.69 Å². The fourth-order valence-corrected chi connectivity index (χ4v) is 4.20. The molecule has 1 saturated heterocycles. The molecule has 1 N–H and O–H groups in total. The molecule has 0 saturated carbocycles. The number of ether oxygens (including phenoxy) is 2. The maximum Gasteiger partial charge on any atom is 0.232 e. The van der Waals surface area contributed by atoms with Gasteiger partial charge in [0.05, 0.1) is 31.5 Å². The third-order valence-corrected chi connectivity index (χ3v) is 6.07. The smallest absolute Gasteiger partial charge is 0.232 e. The van der Waals surface area contributed by atoms with Crippen LogP contribution in [-0.2, 0) is 16.0 Å². The van der Waals surface area contributed by atoms with Gasteiger partial charge in [0, 0.05) is 64.5 Å². The maximum absolute atomic E-state index is 10.6. The van der Waals surface area contributed by atoms with E-state index in [-0.39, 0.29) is 0 Å². The number of hydrogen-bond donors (Lipinski definition) is 1. The molecule has 0 spiro atoms. The van der Waals surface area contributed by atoms with Crippen LogP contribution < -0.4 is 4.90 Å². The average molecular weight is 461 g/mol. The van der Waals surface area contributed by atoms with E-state index in [2.05, 4.69) is 45.8 Å². The number of nitrogens with zero attached hydrogens (tertiary/aromatic N) is 4. The average Bonchev–Trinajstić information content (AvgIpc) is 3.26. The minimum absolute atomic E-state index is 0.336. The summed E-state index contributed by atoms with van der Waals surface area (Å²) in [6.07, 6.45) is -0.549. The Hall–Kier alpha value is -1.97. The standard InChI is InChI=1S/C25H40N4O4/c1-4-29(5-2)25-23(24(26-33-25)21-10-8-7-9-11-21)19-28(18-22(30)20-31-6-3)13-12-27-14-16-32-17-15-27/h7-11,22,30H,4-6,12-20H2,1-3H3/t22-/m0/s1. The quantitative estimate of drug-likeness (QED) is 0.461. The van der Waals surface area contributed by atoms with E-state index < -0.39 is 6.10 Å². The van der Waals surface area contributed by atoms with Crippen LogP contribution >= 0.6 is 0 Å². The predicted octanol–water partition coefficient (Wildman–Crippen LogP) is 2.72. The fraction of sp³-hybridized carbons (Fsp3) is 0.640. The van der Waals surface area contributed by atoms with Crippen LogP contribution in [0.1, 0.15) is 26.3 Å². The Bertz CT molecular complexity index is 791. The molecule has 1 aliphatic rings. The van der Waals surface area contributed by atoms with E-state index in [0.29, 0.717) is 26.3 Å². The molecular weight excluding hydrogens is 420 g/mol. The Labute approximate surface area is 198 Å². The normalized spacial score (nSPS) is 15.8. The zero-order valence-corrected chi connectivity index (χ0v) is 20.4. The summed E-state index contributed by atoms with van der Waals surface area (Å²) in [6, 6.07) is 10.2. The maximum atomic E-state index is 10.6. The number of aliphatic hydroxyl groups is 1. The second-order valence-electron chi connectivity index (χ2n) is 8.36. The zero-order chi connectivity index (χ0) is 23.5. The second kappa shape index (κ2) is 13.7. The molecule has 1 aliphatic heterocycles. The summed E-state index contributed by atoms with van der Waals surface area (Å²) in [4.78, 5) is 6.92. The zero-order valence-electron chi connectivity index (χ0n) is 20.4. The number of hydrogen-bond acceptors (Lipinski definition) is 8. The lowest BCUT2D eigenvalue weighted by Gasteiger charge is -2.31. The van der Waals surface area contributed by atoms with Gasteiger partial charge in [0.2, 0.25) is 5.88 Å².